The van der Waals surface area contributed by atoms with E-state index in [1.54, 1.807) is 0 Å². The zero-order chi connectivity index (χ0) is 11.8. The number of rotatable bonds is 4. The van der Waals surface area contributed by atoms with Crippen LogP contribution in [-0.4, -0.2) is 12.6 Å². The molecule has 0 heterocycles. The molecule has 0 aromatic heterocycles. The molecular weight excluding hydrogens is 215 g/mol. The van der Waals surface area contributed by atoms with Crippen molar-refractivity contribution in [2.45, 2.75) is 31.2 Å². The van der Waals surface area contributed by atoms with Gasteiger partial charge in [0.15, 0.2) is 11.6 Å². The second kappa shape index (κ2) is 4.09. The summed E-state index contributed by atoms with van der Waals surface area (Å²) in [6.45, 7) is 0. The van der Waals surface area contributed by atoms with Crippen molar-refractivity contribution in [1.29, 1.82) is 0 Å². The molecule has 2 rings (SSSR count). The molecule has 1 N–H and O–H groups in total. The summed E-state index contributed by atoms with van der Waals surface area (Å²) in [5.41, 5.74) is 0.345. The molecule has 88 valence electrons. The van der Waals surface area contributed by atoms with Gasteiger partial charge in [-0.05, 0) is 44.4 Å². The lowest BCUT2D eigenvalue weighted by Gasteiger charge is -2.13. The van der Waals surface area contributed by atoms with E-state index >= 15 is 0 Å². The summed E-state index contributed by atoms with van der Waals surface area (Å²) in [7, 11) is 1.87. The Labute approximate surface area is 92.7 Å². The first-order valence-electron chi connectivity index (χ1n) is 5.39. The fourth-order valence-electron chi connectivity index (χ4n) is 1.91. The van der Waals surface area contributed by atoms with Gasteiger partial charge in [-0.2, -0.15) is 0 Å². The third kappa shape index (κ3) is 2.21. The third-order valence-corrected chi connectivity index (χ3v) is 3.35. The predicted molar refractivity (Wildman–Crippen MR) is 55.7 cm³/mol. The van der Waals surface area contributed by atoms with Crippen LogP contribution in [0.4, 0.5) is 13.2 Å². The van der Waals surface area contributed by atoms with Gasteiger partial charge in [-0.25, -0.2) is 13.2 Å². The lowest BCUT2D eigenvalue weighted by atomic mass is 10.0. The number of nitrogens with one attached hydrogen (secondary N) is 1. The molecule has 0 unspecified atom stereocenters. The molecule has 1 fully saturated rings. The lowest BCUT2D eigenvalue weighted by Crippen LogP contribution is -2.27. The average Bonchev–Trinajstić information content (AvgIpc) is 3.02. The average molecular weight is 229 g/mol. The monoisotopic (exact) mass is 229 g/mol. The Morgan fingerprint density at radius 1 is 1.12 bits per heavy atom. The smallest absolute Gasteiger partial charge is 0.161 e. The van der Waals surface area contributed by atoms with Crippen LogP contribution < -0.4 is 5.32 Å². The first kappa shape index (κ1) is 11.5. The second-order valence-electron chi connectivity index (χ2n) is 4.39. The van der Waals surface area contributed by atoms with Gasteiger partial charge < -0.3 is 5.32 Å². The van der Waals surface area contributed by atoms with Crippen molar-refractivity contribution < 1.29 is 13.2 Å². The second-order valence-corrected chi connectivity index (χ2v) is 4.39. The van der Waals surface area contributed by atoms with E-state index < -0.39 is 17.5 Å². The highest BCUT2D eigenvalue weighted by Gasteiger charge is 2.40. The van der Waals surface area contributed by atoms with E-state index in [2.05, 4.69) is 5.32 Å². The van der Waals surface area contributed by atoms with E-state index in [-0.39, 0.29) is 11.1 Å². The van der Waals surface area contributed by atoms with Crippen LogP contribution in [0.5, 0.6) is 0 Å². The van der Waals surface area contributed by atoms with E-state index in [1.165, 1.54) is 0 Å². The molecule has 1 aliphatic carbocycles. The normalized spacial score (nSPS) is 17.5. The van der Waals surface area contributed by atoms with Gasteiger partial charge in [0, 0.05) is 11.6 Å². The minimum atomic E-state index is -1.13. The minimum Gasteiger partial charge on any atom is -0.314 e. The van der Waals surface area contributed by atoms with Crippen molar-refractivity contribution >= 4 is 0 Å². The van der Waals surface area contributed by atoms with E-state index in [4.69, 9.17) is 0 Å². The topological polar surface area (TPSA) is 12.0 Å². The molecule has 0 radical (unpaired) electrons. The van der Waals surface area contributed by atoms with Crippen molar-refractivity contribution in [2.24, 2.45) is 0 Å². The Morgan fingerprint density at radius 2 is 1.75 bits per heavy atom. The Hall–Kier alpha value is -1.03. The SMILES string of the molecule is CNC1(CCc2cc(F)c(F)cc2F)CC1. The summed E-state index contributed by atoms with van der Waals surface area (Å²) in [5.74, 6) is -2.77. The Bertz CT molecular complexity index is 399. The van der Waals surface area contributed by atoms with Crippen molar-refractivity contribution in [1.82, 2.24) is 5.32 Å². The number of hydrogen-bond acceptors (Lipinski definition) is 1. The molecule has 1 saturated carbocycles. The highest BCUT2D eigenvalue weighted by Crippen LogP contribution is 2.39. The standard InChI is InChI=1S/C12H14F3N/c1-16-12(4-5-12)3-2-8-6-10(14)11(15)7-9(8)13/h6-7,16H,2-5H2,1H3. The fraction of sp³-hybridized carbons (Fsp3) is 0.500. The van der Waals surface area contributed by atoms with Crippen molar-refractivity contribution in [3.63, 3.8) is 0 Å². The van der Waals surface area contributed by atoms with Gasteiger partial charge in [-0.1, -0.05) is 0 Å². The summed E-state index contributed by atoms with van der Waals surface area (Å²) < 4.78 is 38.9. The summed E-state index contributed by atoms with van der Waals surface area (Å²) in [4.78, 5) is 0. The van der Waals surface area contributed by atoms with Gasteiger partial charge in [0.1, 0.15) is 5.82 Å². The van der Waals surface area contributed by atoms with Gasteiger partial charge in [0.25, 0.3) is 0 Å². The number of aryl methyl sites for hydroxylation is 1. The number of hydrogen-bond donors (Lipinski definition) is 1. The highest BCUT2D eigenvalue weighted by atomic mass is 19.2. The summed E-state index contributed by atoms with van der Waals surface area (Å²) >= 11 is 0. The maximum atomic E-state index is 13.3. The molecule has 0 amide bonds. The Morgan fingerprint density at radius 3 is 2.31 bits per heavy atom. The zero-order valence-electron chi connectivity index (χ0n) is 9.12. The Kier molecular flexibility index (Phi) is 2.93. The van der Waals surface area contributed by atoms with Crippen molar-refractivity contribution in [2.75, 3.05) is 7.05 Å². The summed E-state index contributed by atoms with van der Waals surface area (Å²) in [5, 5.41) is 3.18. The quantitative estimate of drug-likeness (QED) is 0.783. The summed E-state index contributed by atoms with van der Waals surface area (Å²) in [6, 6.07) is 1.57. The maximum absolute atomic E-state index is 13.3. The molecule has 0 saturated heterocycles. The number of benzene rings is 1. The van der Waals surface area contributed by atoms with Crippen LogP contribution in [0.25, 0.3) is 0 Å². The molecule has 0 bridgehead atoms. The van der Waals surface area contributed by atoms with Gasteiger partial charge in [0.2, 0.25) is 0 Å². The summed E-state index contributed by atoms with van der Waals surface area (Å²) in [6.07, 6.45) is 3.32. The van der Waals surface area contributed by atoms with Gasteiger partial charge in [-0.3, -0.25) is 0 Å². The molecule has 1 aliphatic rings. The predicted octanol–water partition coefficient (Wildman–Crippen LogP) is 2.79. The van der Waals surface area contributed by atoms with Crippen molar-refractivity contribution in [3.8, 4) is 0 Å². The first-order chi connectivity index (χ1) is 7.56. The molecular formula is C12H14F3N. The van der Waals surface area contributed by atoms with Crippen LogP contribution in [0.2, 0.25) is 0 Å². The molecule has 0 aliphatic heterocycles. The van der Waals surface area contributed by atoms with Gasteiger partial charge in [-0.15, -0.1) is 0 Å². The van der Waals surface area contributed by atoms with E-state index in [9.17, 15) is 13.2 Å². The maximum Gasteiger partial charge on any atom is 0.161 e. The zero-order valence-corrected chi connectivity index (χ0v) is 9.12. The highest BCUT2D eigenvalue weighted by molar-refractivity contribution is 5.21. The van der Waals surface area contributed by atoms with Crippen LogP contribution >= 0.6 is 0 Å². The first-order valence-corrected chi connectivity index (χ1v) is 5.39. The lowest BCUT2D eigenvalue weighted by molar-refractivity contribution is 0.476. The molecule has 16 heavy (non-hydrogen) atoms. The van der Waals surface area contributed by atoms with Crippen LogP contribution in [0.1, 0.15) is 24.8 Å². The van der Waals surface area contributed by atoms with Crippen LogP contribution in [0, 0.1) is 17.5 Å². The van der Waals surface area contributed by atoms with E-state index in [1.807, 2.05) is 7.05 Å². The molecule has 4 heteroatoms. The van der Waals surface area contributed by atoms with Crippen molar-refractivity contribution in [3.05, 3.63) is 35.1 Å². The van der Waals surface area contributed by atoms with E-state index in [0.717, 1.165) is 25.3 Å². The fourth-order valence-corrected chi connectivity index (χ4v) is 1.91. The molecule has 1 nitrogen and oxygen atoms in total. The third-order valence-electron chi connectivity index (χ3n) is 3.35. The molecule has 0 atom stereocenters. The number of halogens is 3. The molecule has 0 spiro atoms. The largest absolute Gasteiger partial charge is 0.314 e. The van der Waals surface area contributed by atoms with E-state index in [0.29, 0.717) is 12.5 Å². The van der Waals surface area contributed by atoms with Crippen LogP contribution in [0.15, 0.2) is 12.1 Å². The van der Waals surface area contributed by atoms with Crippen LogP contribution in [0.3, 0.4) is 0 Å². The van der Waals surface area contributed by atoms with Gasteiger partial charge >= 0.3 is 0 Å². The minimum absolute atomic E-state index is 0.0945. The Balaban J connectivity index is 2.07. The van der Waals surface area contributed by atoms with Crippen LogP contribution in [-0.2, 0) is 6.42 Å². The van der Waals surface area contributed by atoms with Gasteiger partial charge in [0.05, 0.1) is 0 Å². The molecule has 1 aromatic rings. The molecule has 1 aromatic carbocycles.